The van der Waals surface area contributed by atoms with E-state index in [2.05, 4.69) is 9.88 Å². The molecule has 0 N–H and O–H groups in total. The fourth-order valence-electron chi connectivity index (χ4n) is 4.22. The molecular weight excluding hydrogens is 364 g/mol. The van der Waals surface area contributed by atoms with Gasteiger partial charge >= 0.3 is 0 Å². The van der Waals surface area contributed by atoms with Crippen molar-refractivity contribution in [2.75, 3.05) is 26.2 Å². The standard InChI is InChI=1S/C21H25F2N3O2/c22-15-5-6-17(18(23)13-15)19-14-24-20(28-19)7-8-21(27)26-11-9-25(10-12-26)16-3-1-2-4-16/h5-6,13-14,16H,1-4,7-12H2. The minimum Gasteiger partial charge on any atom is -0.441 e. The fourth-order valence-corrected chi connectivity index (χ4v) is 4.22. The average Bonchev–Trinajstić information content (AvgIpc) is 3.38. The second kappa shape index (κ2) is 8.39. The summed E-state index contributed by atoms with van der Waals surface area (Å²) < 4.78 is 32.4. The van der Waals surface area contributed by atoms with Crippen molar-refractivity contribution in [3.05, 3.63) is 41.9 Å². The van der Waals surface area contributed by atoms with E-state index in [0.717, 1.165) is 32.2 Å². The quantitative estimate of drug-likeness (QED) is 0.784. The molecular formula is C21H25F2N3O2. The summed E-state index contributed by atoms with van der Waals surface area (Å²) in [4.78, 5) is 21.1. The summed E-state index contributed by atoms with van der Waals surface area (Å²) in [6.45, 7) is 3.44. The topological polar surface area (TPSA) is 49.6 Å². The Morgan fingerprint density at radius 1 is 1.14 bits per heavy atom. The van der Waals surface area contributed by atoms with Crippen LogP contribution in [0.5, 0.6) is 0 Å². The number of piperazine rings is 1. The zero-order valence-electron chi connectivity index (χ0n) is 15.9. The molecule has 0 atom stereocenters. The second-order valence-corrected chi connectivity index (χ2v) is 7.60. The number of nitrogens with zero attached hydrogens (tertiary/aromatic N) is 3. The third kappa shape index (κ3) is 4.24. The maximum Gasteiger partial charge on any atom is 0.223 e. The van der Waals surface area contributed by atoms with Crippen LogP contribution in [0.1, 0.15) is 38.0 Å². The maximum atomic E-state index is 13.9. The summed E-state index contributed by atoms with van der Waals surface area (Å²) in [7, 11) is 0. The molecule has 0 spiro atoms. The number of hydrogen-bond donors (Lipinski definition) is 0. The van der Waals surface area contributed by atoms with Gasteiger partial charge < -0.3 is 9.32 Å². The number of amides is 1. The number of carbonyl (C=O) groups excluding carboxylic acids is 1. The summed E-state index contributed by atoms with van der Waals surface area (Å²) in [5.74, 6) is -0.612. The van der Waals surface area contributed by atoms with Crippen LogP contribution in [0.15, 0.2) is 28.8 Å². The third-order valence-electron chi connectivity index (χ3n) is 5.81. The first-order valence-corrected chi connectivity index (χ1v) is 10.0. The van der Waals surface area contributed by atoms with E-state index < -0.39 is 11.6 Å². The molecule has 1 aliphatic heterocycles. The van der Waals surface area contributed by atoms with E-state index >= 15 is 0 Å². The Labute approximate surface area is 163 Å². The SMILES string of the molecule is O=C(CCc1ncc(-c2ccc(F)cc2F)o1)N1CCN(C2CCCC2)CC1. The van der Waals surface area contributed by atoms with Crippen LogP contribution in [0.3, 0.4) is 0 Å². The average molecular weight is 389 g/mol. The predicted octanol–water partition coefficient (Wildman–Crippen LogP) is 3.64. The lowest BCUT2D eigenvalue weighted by atomic mass is 10.1. The van der Waals surface area contributed by atoms with Crippen LogP contribution >= 0.6 is 0 Å². The van der Waals surface area contributed by atoms with Gasteiger partial charge in [0.15, 0.2) is 11.7 Å². The van der Waals surface area contributed by atoms with Crippen LogP contribution in [0.2, 0.25) is 0 Å². The molecule has 1 saturated heterocycles. The van der Waals surface area contributed by atoms with E-state index in [4.69, 9.17) is 4.42 Å². The number of hydrogen-bond acceptors (Lipinski definition) is 4. The number of aryl methyl sites for hydroxylation is 1. The Hall–Kier alpha value is -2.28. The first-order chi connectivity index (χ1) is 13.6. The predicted molar refractivity (Wildman–Crippen MR) is 101 cm³/mol. The van der Waals surface area contributed by atoms with Gasteiger partial charge in [0.2, 0.25) is 5.91 Å². The van der Waals surface area contributed by atoms with Crippen LogP contribution in [0.25, 0.3) is 11.3 Å². The zero-order chi connectivity index (χ0) is 19.5. The zero-order valence-corrected chi connectivity index (χ0v) is 15.9. The van der Waals surface area contributed by atoms with Gasteiger partial charge in [0, 0.05) is 51.1 Å². The Bertz CT molecular complexity index is 825. The summed E-state index contributed by atoms with van der Waals surface area (Å²) >= 11 is 0. The van der Waals surface area contributed by atoms with Crippen LogP contribution in [0, 0.1) is 11.6 Å². The first kappa shape index (κ1) is 19.1. The van der Waals surface area contributed by atoms with E-state index in [1.807, 2.05) is 4.90 Å². The molecule has 2 aliphatic rings. The highest BCUT2D eigenvalue weighted by atomic mass is 19.1. The molecule has 5 nitrogen and oxygen atoms in total. The second-order valence-electron chi connectivity index (χ2n) is 7.60. The molecule has 1 amide bonds. The van der Waals surface area contributed by atoms with Crippen molar-refractivity contribution < 1.29 is 18.0 Å². The number of benzene rings is 1. The Morgan fingerprint density at radius 2 is 1.89 bits per heavy atom. The van der Waals surface area contributed by atoms with Gasteiger partial charge in [-0.3, -0.25) is 9.69 Å². The number of halogens is 2. The molecule has 0 bridgehead atoms. The molecule has 2 aromatic rings. The van der Waals surface area contributed by atoms with Gasteiger partial charge in [-0.05, 0) is 25.0 Å². The molecule has 1 aliphatic carbocycles. The minimum atomic E-state index is -0.695. The van der Waals surface area contributed by atoms with Crippen LogP contribution < -0.4 is 0 Å². The van der Waals surface area contributed by atoms with Crippen molar-refractivity contribution >= 4 is 5.91 Å². The van der Waals surface area contributed by atoms with E-state index in [1.165, 1.54) is 44.0 Å². The number of rotatable bonds is 5. The number of oxazole rings is 1. The molecule has 150 valence electrons. The summed E-state index contributed by atoms with van der Waals surface area (Å²) in [5.41, 5.74) is 0.162. The molecule has 1 saturated carbocycles. The third-order valence-corrected chi connectivity index (χ3v) is 5.81. The number of aromatic nitrogens is 1. The molecule has 0 radical (unpaired) electrons. The van der Waals surface area contributed by atoms with E-state index in [1.54, 1.807) is 0 Å². The van der Waals surface area contributed by atoms with Crippen LogP contribution in [-0.4, -0.2) is 52.9 Å². The van der Waals surface area contributed by atoms with Gasteiger partial charge in [0.25, 0.3) is 0 Å². The lowest BCUT2D eigenvalue weighted by molar-refractivity contribution is -0.133. The van der Waals surface area contributed by atoms with Crippen LogP contribution in [-0.2, 0) is 11.2 Å². The lowest BCUT2D eigenvalue weighted by Crippen LogP contribution is -2.51. The van der Waals surface area contributed by atoms with Crippen molar-refractivity contribution in [2.24, 2.45) is 0 Å². The summed E-state index contributed by atoms with van der Waals surface area (Å²) in [6.07, 6.45) is 7.31. The Kier molecular flexibility index (Phi) is 5.71. The van der Waals surface area contributed by atoms with Gasteiger partial charge in [0.05, 0.1) is 11.8 Å². The fraction of sp³-hybridized carbons (Fsp3) is 0.524. The van der Waals surface area contributed by atoms with Gasteiger partial charge in [-0.15, -0.1) is 0 Å². The van der Waals surface area contributed by atoms with Crippen molar-refractivity contribution in [1.29, 1.82) is 0 Å². The molecule has 4 rings (SSSR count). The maximum absolute atomic E-state index is 13.9. The molecule has 2 heterocycles. The summed E-state index contributed by atoms with van der Waals surface area (Å²) in [6, 6.07) is 4.01. The van der Waals surface area contributed by atoms with E-state index in [0.29, 0.717) is 24.8 Å². The monoisotopic (exact) mass is 389 g/mol. The van der Waals surface area contributed by atoms with E-state index in [9.17, 15) is 13.6 Å². The molecule has 1 aromatic heterocycles. The highest BCUT2D eigenvalue weighted by molar-refractivity contribution is 5.76. The minimum absolute atomic E-state index is 0.0961. The lowest BCUT2D eigenvalue weighted by Gasteiger charge is -2.38. The van der Waals surface area contributed by atoms with Crippen LogP contribution in [0.4, 0.5) is 8.78 Å². The van der Waals surface area contributed by atoms with Crippen molar-refractivity contribution in [2.45, 2.75) is 44.6 Å². The van der Waals surface area contributed by atoms with Crippen molar-refractivity contribution in [1.82, 2.24) is 14.8 Å². The van der Waals surface area contributed by atoms with Crippen molar-refractivity contribution in [3.63, 3.8) is 0 Å². The van der Waals surface area contributed by atoms with Gasteiger partial charge in [-0.2, -0.15) is 0 Å². The van der Waals surface area contributed by atoms with Gasteiger partial charge in [-0.1, -0.05) is 12.8 Å². The number of carbonyl (C=O) groups is 1. The smallest absolute Gasteiger partial charge is 0.223 e. The largest absolute Gasteiger partial charge is 0.441 e. The van der Waals surface area contributed by atoms with Gasteiger partial charge in [-0.25, -0.2) is 13.8 Å². The molecule has 0 unspecified atom stereocenters. The van der Waals surface area contributed by atoms with E-state index in [-0.39, 0.29) is 17.2 Å². The summed E-state index contributed by atoms with van der Waals surface area (Å²) in [5, 5.41) is 0. The molecule has 7 heteroatoms. The highest BCUT2D eigenvalue weighted by Gasteiger charge is 2.27. The van der Waals surface area contributed by atoms with Crippen molar-refractivity contribution in [3.8, 4) is 11.3 Å². The Balaban J connectivity index is 1.28. The van der Waals surface area contributed by atoms with Gasteiger partial charge in [0.1, 0.15) is 11.6 Å². The Morgan fingerprint density at radius 3 is 2.61 bits per heavy atom. The highest BCUT2D eigenvalue weighted by Crippen LogP contribution is 2.26. The molecule has 28 heavy (non-hydrogen) atoms. The molecule has 2 fully saturated rings. The first-order valence-electron chi connectivity index (χ1n) is 10.0. The normalized spacial score (nSPS) is 18.7. The molecule has 1 aromatic carbocycles.